The zero-order valence-electron chi connectivity index (χ0n) is 8.60. The lowest BCUT2D eigenvalue weighted by Crippen LogP contribution is -2.04. The van der Waals surface area contributed by atoms with Gasteiger partial charge in [-0.25, -0.2) is 0 Å². The number of hydrogen-bond donors (Lipinski definition) is 0. The second kappa shape index (κ2) is 3.68. The van der Waals surface area contributed by atoms with Crippen molar-refractivity contribution in [3.8, 4) is 0 Å². The highest BCUT2D eigenvalue weighted by atomic mass is 16.3. The van der Waals surface area contributed by atoms with Crippen LogP contribution in [0.15, 0.2) is 22.9 Å². The molecule has 5 nitrogen and oxygen atoms in total. The Kier molecular flexibility index (Phi) is 2.37. The molecule has 0 aliphatic heterocycles. The number of hydrogen-bond acceptors (Lipinski definition) is 4. The molecule has 0 saturated heterocycles. The summed E-state index contributed by atoms with van der Waals surface area (Å²) >= 11 is 0. The van der Waals surface area contributed by atoms with E-state index in [2.05, 4.69) is 10.2 Å². The van der Waals surface area contributed by atoms with Gasteiger partial charge in [-0.2, -0.15) is 15.0 Å². The second-order valence-electron chi connectivity index (χ2n) is 3.36. The molecule has 2 aromatic rings. The zero-order valence-corrected chi connectivity index (χ0v) is 8.60. The maximum absolute atomic E-state index is 11.7. The molecule has 0 unspecified atom stereocenters. The Morgan fingerprint density at radius 2 is 2.40 bits per heavy atom. The molecule has 0 fully saturated rings. The van der Waals surface area contributed by atoms with E-state index in [1.807, 2.05) is 6.92 Å². The molecule has 0 aliphatic rings. The maximum Gasteiger partial charge on any atom is 0.204 e. The Morgan fingerprint density at radius 3 is 2.93 bits per heavy atom. The standard InChI is InChI=1S/C10H11N3O2/c1-7-3-4-15-10(7)9(14)5-8-6-11-13(2)12-8/h3-4,6H,5H2,1-2H3. The molecule has 0 amide bonds. The van der Waals surface area contributed by atoms with Crippen molar-refractivity contribution in [1.29, 1.82) is 0 Å². The molecule has 2 aromatic heterocycles. The van der Waals surface area contributed by atoms with Crippen LogP contribution in [0.4, 0.5) is 0 Å². The third-order valence-electron chi connectivity index (χ3n) is 2.10. The van der Waals surface area contributed by atoms with E-state index >= 15 is 0 Å². The van der Waals surface area contributed by atoms with Crippen LogP contribution in [0.2, 0.25) is 0 Å². The molecule has 0 saturated carbocycles. The summed E-state index contributed by atoms with van der Waals surface area (Å²) in [5, 5.41) is 7.93. The monoisotopic (exact) mass is 205 g/mol. The van der Waals surface area contributed by atoms with Gasteiger partial charge in [0, 0.05) is 7.05 Å². The summed E-state index contributed by atoms with van der Waals surface area (Å²) in [6.07, 6.45) is 3.32. The van der Waals surface area contributed by atoms with E-state index in [1.165, 1.54) is 11.1 Å². The molecule has 0 N–H and O–H groups in total. The van der Waals surface area contributed by atoms with Crippen molar-refractivity contribution in [2.75, 3.05) is 0 Å². The van der Waals surface area contributed by atoms with Gasteiger partial charge in [-0.05, 0) is 18.6 Å². The number of carbonyl (C=O) groups is 1. The number of carbonyl (C=O) groups excluding carboxylic acids is 1. The summed E-state index contributed by atoms with van der Waals surface area (Å²) in [4.78, 5) is 13.2. The fraction of sp³-hybridized carbons (Fsp3) is 0.300. The fourth-order valence-electron chi connectivity index (χ4n) is 1.37. The van der Waals surface area contributed by atoms with Crippen LogP contribution in [0.3, 0.4) is 0 Å². The van der Waals surface area contributed by atoms with Gasteiger partial charge in [0.1, 0.15) is 0 Å². The van der Waals surface area contributed by atoms with E-state index in [1.54, 1.807) is 19.3 Å². The highest BCUT2D eigenvalue weighted by Crippen LogP contribution is 2.11. The summed E-state index contributed by atoms with van der Waals surface area (Å²) < 4.78 is 5.10. The Balaban J connectivity index is 2.14. The minimum absolute atomic E-state index is 0.0713. The molecule has 0 aliphatic carbocycles. The van der Waals surface area contributed by atoms with Crippen LogP contribution in [-0.4, -0.2) is 20.8 Å². The molecular weight excluding hydrogens is 194 g/mol. The third-order valence-corrected chi connectivity index (χ3v) is 2.10. The first-order valence-electron chi connectivity index (χ1n) is 4.59. The molecule has 0 aromatic carbocycles. The number of ketones is 1. The van der Waals surface area contributed by atoms with Gasteiger partial charge in [0.2, 0.25) is 5.78 Å². The number of Topliss-reactive ketones (excluding diaryl/α,β-unsaturated/α-hetero) is 1. The molecule has 2 heterocycles. The van der Waals surface area contributed by atoms with Gasteiger partial charge in [0.15, 0.2) is 5.76 Å². The first kappa shape index (κ1) is 9.64. The quantitative estimate of drug-likeness (QED) is 0.705. The SMILES string of the molecule is Cc1ccoc1C(=O)Cc1cnn(C)n1. The Bertz CT molecular complexity index is 484. The topological polar surface area (TPSA) is 60.9 Å². The lowest BCUT2D eigenvalue weighted by atomic mass is 10.1. The molecule has 15 heavy (non-hydrogen) atoms. The van der Waals surface area contributed by atoms with Crippen molar-refractivity contribution in [2.24, 2.45) is 7.05 Å². The predicted octanol–water partition coefficient (Wildman–Crippen LogP) is 1.14. The number of nitrogens with zero attached hydrogens (tertiary/aromatic N) is 3. The van der Waals surface area contributed by atoms with Crippen molar-refractivity contribution in [2.45, 2.75) is 13.3 Å². The Labute approximate surface area is 86.7 Å². The first-order valence-corrected chi connectivity index (χ1v) is 4.59. The lowest BCUT2D eigenvalue weighted by molar-refractivity contribution is 0.0964. The average molecular weight is 205 g/mol. The number of furan rings is 1. The van der Waals surface area contributed by atoms with E-state index in [4.69, 9.17) is 4.42 Å². The van der Waals surface area contributed by atoms with E-state index in [-0.39, 0.29) is 12.2 Å². The molecule has 0 spiro atoms. The van der Waals surface area contributed by atoms with Gasteiger partial charge in [0.05, 0.1) is 24.6 Å². The zero-order chi connectivity index (χ0) is 10.8. The molecule has 0 bridgehead atoms. The minimum Gasteiger partial charge on any atom is -0.461 e. The summed E-state index contributed by atoms with van der Waals surface area (Å²) in [7, 11) is 1.71. The van der Waals surface area contributed by atoms with Gasteiger partial charge >= 0.3 is 0 Å². The van der Waals surface area contributed by atoms with Crippen molar-refractivity contribution in [1.82, 2.24) is 15.0 Å². The van der Waals surface area contributed by atoms with Crippen LogP contribution in [0.25, 0.3) is 0 Å². The van der Waals surface area contributed by atoms with Crippen LogP contribution in [0, 0.1) is 6.92 Å². The first-order chi connectivity index (χ1) is 7.16. The van der Waals surface area contributed by atoms with E-state index in [9.17, 15) is 4.79 Å². The van der Waals surface area contributed by atoms with Crippen molar-refractivity contribution in [3.63, 3.8) is 0 Å². The van der Waals surface area contributed by atoms with E-state index < -0.39 is 0 Å². The predicted molar refractivity (Wildman–Crippen MR) is 52.5 cm³/mol. The highest BCUT2D eigenvalue weighted by molar-refractivity contribution is 5.95. The number of aromatic nitrogens is 3. The van der Waals surface area contributed by atoms with Crippen molar-refractivity contribution in [3.05, 3.63) is 35.5 Å². The van der Waals surface area contributed by atoms with Crippen molar-refractivity contribution >= 4 is 5.78 Å². The van der Waals surface area contributed by atoms with Gasteiger partial charge in [-0.3, -0.25) is 4.79 Å². The van der Waals surface area contributed by atoms with Crippen molar-refractivity contribution < 1.29 is 9.21 Å². The van der Waals surface area contributed by atoms with Crippen LogP contribution < -0.4 is 0 Å². The van der Waals surface area contributed by atoms with E-state index in [0.29, 0.717) is 11.5 Å². The smallest absolute Gasteiger partial charge is 0.204 e. The molecule has 5 heteroatoms. The summed E-state index contributed by atoms with van der Waals surface area (Å²) in [5.74, 6) is 0.332. The molecular formula is C10H11N3O2. The van der Waals surface area contributed by atoms with Gasteiger partial charge < -0.3 is 4.42 Å². The van der Waals surface area contributed by atoms with Crippen LogP contribution in [0.1, 0.15) is 21.8 Å². The van der Waals surface area contributed by atoms with E-state index in [0.717, 1.165) is 5.56 Å². The largest absolute Gasteiger partial charge is 0.461 e. The summed E-state index contributed by atoms with van der Waals surface area (Å²) in [6, 6.07) is 1.77. The summed E-state index contributed by atoms with van der Waals surface area (Å²) in [6.45, 7) is 1.84. The van der Waals surface area contributed by atoms with Crippen LogP contribution in [0.5, 0.6) is 0 Å². The lowest BCUT2D eigenvalue weighted by Gasteiger charge is -1.94. The van der Waals surface area contributed by atoms with Gasteiger partial charge in [-0.15, -0.1) is 0 Å². The highest BCUT2D eigenvalue weighted by Gasteiger charge is 2.14. The number of aryl methyl sites for hydroxylation is 2. The molecule has 0 radical (unpaired) electrons. The number of rotatable bonds is 3. The maximum atomic E-state index is 11.7. The third kappa shape index (κ3) is 1.96. The van der Waals surface area contributed by atoms with Crippen LogP contribution >= 0.6 is 0 Å². The van der Waals surface area contributed by atoms with Gasteiger partial charge in [0.25, 0.3) is 0 Å². The molecule has 0 atom stereocenters. The molecule has 78 valence electrons. The van der Waals surface area contributed by atoms with Gasteiger partial charge in [-0.1, -0.05) is 0 Å². The Hall–Kier alpha value is -1.91. The average Bonchev–Trinajstić information content (AvgIpc) is 2.75. The summed E-state index contributed by atoms with van der Waals surface area (Å²) in [5.41, 5.74) is 1.50. The minimum atomic E-state index is -0.0713. The Morgan fingerprint density at radius 1 is 1.60 bits per heavy atom. The molecule has 2 rings (SSSR count). The normalized spacial score (nSPS) is 10.5. The second-order valence-corrected chi connectivity index (χ2v) is 3.36. The fourth-order valence-corrected chi connectivity index (χ4v) is 1.37. The van der Waals surface area contributed by atoms with Crippen LogP contribution in [-0.2, 0) is 13.5 Å².